The Kier molecular flexibility index (Phi) is 10.4. The average molecular weight is 551 g/mol. The van der Waals surface area contributed by atoms with Crippen molar-refractivity contribution >= 4 is 35.0 Å². The van der Waals surface area contributed by atoms with E-state index in [9.17, 15) is 14.0 Å². The molecule has 1 heterocycles. The highest BCUT2D eigenvalue weighted by molar-refractivity contribution is 7.99. The zero-order valence-electron chi connectivity index (χ0n) is 22.4. The van der Waals surface area contributed by atoms with Crippen molar-refractivity contribution in [2.75, 3.05) is 44.8 Å². The molecule has 2 N–H and O–H groups in total. The predicted molar refractivity (Wildman–Crippen MR) is 153 cm³/mol. The van der Waals surface area contributed by atoms with E-state index in [1.165, 1.54) is 40.2 Å². The molecule has 0 spiro atoms. The SMILES string of the molecule is CC(=O)NCCC(C(=O)NCc1ccc(F)cc1)N(C)CCOCCN1c2ccccc2Sc2ccccc21. The van der Waals surface area contributed by atoms with Crippen LogP contribution in [0.5, 0.6) is 0 Å². The lowest BCUT2D eigenvalue weighted by Crippen LogP contribution is -2.47. The van der Waals surface area contributed by atoms with Gasteiger partial charge in [-0.2, -0.15) is 0 Å². The summed E-state index contributed by atoms with van der Waals surface area (Å²) in [5.41, 5.74) is 3.17. The summed E-state index contributed by atoms with van der Waals surface area (Å²) in [6.07, 6.45) is 0.463. The third-order valence-electron chi connectivity index (χ3n) is 6.59. The van der Waals surface area contributed by atoms with Gasteiger partial charge in [0.15, 0.2) is 0 Å². The van der Waals surface area contributed by atoms with Gasteiger partial charge in [0.25, 0.3) is 0 Å². The first-order valence-electron chi connectivity index (χ1n) is 13.1. The first-order chi connectivity index (χ1) is 18.9. The minimum Gasteiger partial charge on any atom is -0.378 e. The number of carbonyl (C=O) groups is 2. The minimum absolute atomic E-state index is 0.134. The molecule has 0 aliphatic carbocycles. The number of benzene rings is 3. The Hall–Kier alpha value is -3.40. The molecule has 3 aromatic rings. The molecule has 1 aliphatic heterocycles. The van der Waals surface area contributed by atoms with Crippen molar-refractivity contribution in [3.8, 4) is 0 Å². The van der Waals surface area contributed by atoms with E-state index >= 15 is 0 Å². The number of nitrogens with zero attached hydrogens (tertiary/aromatic N) is 2. The number of hydrogen-bond acceptors (Lipinski definition) is 6. The molecule has 0 aromatic heterocycles. The fraction of sp³-hybridized carbons (Fsp3) is 0.333. The van der Waals surface area contributed by atoms with Gasteiger partial charge in [0.1, 0.15) is 5.82 Å². The normalized spacial score (nSPS) is 13.0. The molecule has 1 unspecified atom stereocenters. The molecular formula is C30H35FN4O3S. The summed E-state index contributed by atoms with van der Waals surface area (Å²) < 4.78 is 19.2. The van der Waals surface area contributed by atoms with Crippen LogP contribution in [0.25, 0.3) is 0 Å². The van der Waals surface area contributed by atoms with Gasteiger partial charge in [-0.1, -0.05) is 48.2 Å². The van der Waals surface area contributed by atoms with Crippen LogP contribution in [0.15, 0.2) is 82.6 Å². The number of hydrogen-bond donors (Lipinski definition) is 2. The summed E-state index contributed by atoms with van der Waals surface area (Å²) in [6, 6.07) is 22.4. The Labute approximate surface area is 233 Å². The maximum Gasteiger partial charge on any atom is 0.237 e. The molecule has 39 heavy (non-hydrogen) atoms. The number of carbonyl (C=O) groups excluding carboxylic acids is 2. The van der Waals surface area contributed by atoms with Gasteiger partial charge < -0.3 is 20.3 Å². The van der Waals surface area contributed by atoms with E-state index in [1.54, 1.807) is 23.9 Å². The highest BCUT2D eigenvalue weighted by Crippen LogP contribution is 2.47. The van der Waals surface area contributed by atoms with Crippen LogP contribution in [-0.4, -0.2) is 62.7 Å². The maximum atomic E-state index is 13.2. The molecule has 0 bridgehead atoms. The molecule has 206 valence electrons. The van der Waals surface area contributed by atoms with Crippen molar-refractivity contribution in [3.05, 3.63) is 84.2 Å². The monoisotopic (exact) mass is 550 g/mol. The Morgan fingerprint density at radius 3 is 2.23 bits per heavy atom. The lowest BCUT2D eigenvalue weighted by atomic mass is 10.1. The number of anilines is 2. The van der Waals surface area contributed by atoms with Gasteiger partial charge in [-0.25, -0.2) is 4.39 Å². The number of fused-ring (bicyclic) bond motifs is 2. The molecule has 0 saturated heterocycles. The van der Waals surface area contributed by atoms with Crippen LogP contribution < -0.4 is 15.5 Å². The van der Waals surface area contributed by atoms with Crippen LogP contribution in [0.4, 0.5) is 15.8 Å². The van der Waals surface area contributed by atoms with Crippen molar-refractivity contribution in [1.29, 1.82) is 0 Å². The molecule has 1 aliphatic rings. The summed E-state index contributed by atoms with van der Waals surface area (Å²) >= 11 is 1.78. The Bertz CT molecular complexity index is 1210. The van der Waals surface area contributed by atoms with Crippen molar-refractivity contribution in [2.24, 2.45) is 0 Å². The predicted octanol–water partition coefficient (Wildman–Crippen LogP) is 4.59. The van der Waals surface area contributed by atoms with E-state index in [0.717, 1.165) is 5.56 Å². The van der Waals surface area contributed by atoms with Crippen LogP contribution in [0.2, 0.25) is 0 Å². The summed E-state index contributed by atoms with van der Waals surface area (Å²) in [7, 11) is 1.88. The van der Waals surface area contributed by atoms with E-state index in [4.69, 9.17) is 4.74 Å². The Morgan fingerprint density at radius 1 is 0.949 bits per heavy atom. The summed E-state index contributed by atoms with van der Waals surface area (Å²) in [5.74, 6) is -0.595. The lowest BCUT2D eigenvalue weighted by molar-refractivity contribution is -0.127. The fourth-order valence-electron chi connectivity index (χ4n) is 4.49. The number of para-hydroxylation sites is 2. The summed E-state index contributed by atoms with van der Waals surface area (Å²) in [6.45, 7) is 4.41. The molecule has 1 atom stereocenters. The Balaban J connectivity index is 1.29. The third-order valence-corrected chi connectivity index (χ3v) is 7.72. The average Bonchev–Trinajstić information content (AvgIpc) is 2.94. The van der Waals surface area contributed by atoms with Gasteiger partial charge >= 0.3 is 0 Å². The topological polar surface area (TPSA) is 73.9 Å². The minimum atomic E-state index is -0.446. The second-order valence-electron chi connectivity index (χ2n) is 9.41. The number of nitrogens with one attached hydrogen (secondary N) is 2. The van der Waals surface area contributed by atoms with Gasteiger partial charge in [-0.05, 0) is 55.4 Å². The highest BCUT2D eigenvalue weighted by Gasteiger charge is 2.24. The molecule has 3 aromatic carbocycles. The molecule has 2 amide bonds. The van der Waals surface area contributed by atoms with E-state index in [-0.39, 0.29) is 17.6 Å². The van der Waals surface area contributed by atoms with Crippen LogP contribution in [0.3, 0.4) is 0 Å². The molecule has 0 fully saturated rings. The molecule has 4 rings (SSSR count). The zero-order valence-corrected chi connectivity index (χ0v) is 23.2. The van der Waals surface area contributed by atoms with E-state index < -0.39 is 6.04 Å². The van der Waals surface area contributed by atoms with E-state index in [2.05, 4.69) is 64.1 Å². The van der Waals surface area contributed by atoms with Gasteiger partial charge in [0.05, 0.1) is 30.6 Å². The summed E-state index contributed by atoms with van der Waals surface area (Å²) in [5, 5.41) is 5.70. The second-order valence-corrected chi connectivity index (χ2v) is 10.5. The van der Waals surface area contributed by atoms with Crippen LogP contribution in [0, 0.1) is 5.82 Å². The summed E-state index contributed by atoms with van der Waals surface area (Å²) in [4.78, 5) is 31.1. The smallest absolute Gasteiger partial charge is 0.237 e. The van der Waals surface area contributed by atoms with Gasteiger partial charge in [0.2, 0.25) is 11.8 Å². The van der Waals surface area contributed by atoms with Crippen LogP contribution >= 0.6 is 11.8 Å². The van der Waals surface area contributed by atoms with Crippen LogP contribution in [-0.2, 0) is 20.9 Å². The number of halogens is 1. The second kappa shape index (κ2) is 14.1. The first kappa shape index (κ1) is 28.6. The maximum absolute atomic E-state index is 13.2. The largest absolute Gasteiger partial charge is 0.378 e. The van der Waals surface area contributed by atoms with E-state index in [1.807, 2.05) is 11.9 Å². The van der Waals surface area contributed by atoms with Gasteiger partial charge in [-0.15, -0.1) is 0 Å². The molecular weight excluding hydrogens is 515 g/mol. The number of amides is 2. The van der Waals surface area contributed by atoms with Crippen molar-refractivity contribution in [3.63, 3.8) is 0 Å². The fourth-order valence-corrected chi connectivity index (χ4v) is 5.59. The number of rotatable bonds is 13. The van der Waals surface area contributed by atoms with Gasteiger partial charge in [0, 0.05) is 42.9 Å². The molecule has 0 radical (unpaired) electrons. The van der Waals surface area contributed by atoms with Crippen molar-refractivity contribution < 1.29 is 18.7 Å². The van der Waals surface area contributed by atoms with Crippen molar-refractivity contribution in [1.82, 2.24) is 15.5 Å². The Morgan fingerprint density at radius 2 is 1.59 bits per heavy atom. The van der Waals surface area contributed by atoms with Gasteiger partial charge in [-0.3, -0.25) is 14.5 Å². The molecule has 0 saturated carbocycles. The molecule has 7 nitrogen and oxygen atoms in total. The van der Waals surface area contributed by atoms with Crippen molar-refractivity contribution in [2.45, 2.75) is 35.7 Å². The molecule has 9 heteroatoms. The zero-order chi connectivity index (χ0) is 27.6. The first-order valence-corrected chi connectivity index (χ1v) is 13.9. The number of likely N-dealkylation sites (N-methyl/N-ethyl adjacent to an activating group) is 1. The standard InChI is InChI=1S/C30H35FN4O3S/c1-22(36)32-16-15-27(30(37)33-21-23-11-13-24(31)14-12-23)34(2)17-19-38-20-18-35-25-7-3-5-9-28(25)39-29-10-6-4-8-26(29)35/h3-14,27H,15-21H2,1-2H3,(H,32,36)(H,33,37). The number of ether oxygens (including phenoxy) is 1. The van der Waals surface area contributed by atoms with Crippen LogP contribution in [0.1, 0.15) is 18.9 Å². The quantitative estimate of drug-likeness (QED) is 0.304. The lowest BCUT2D eigenvalue weighted by Gasteiger charge is -2.32. The third kappa shape index (κ3) is 8.05. The van der Waals surface area contributed by atoms with E-state index in [0.29, 0.717) is 45.8 Å². The highest BCUT2D eigenvalue weighted by atomic mass is 32.2.